The summed E-state index contributed by atoms with van der Waals surface area (Å²) in [5, 5.41) is 4.26. The van der Waals surface area contributed by atoms with E-state index >= 15 is 0 Å². The Balaban J connectivity index is 2.08. The molecule has 0 radical (unpaired) electrons. The third kappa shape index (κ3) is 6.62. The maximum atomic E-state index is 13.8. The lowest BCUT2D eigenvalue weighted by Crippen LogP contribution is -2.41. The lowest BCUT2D eigenvalue weighted by molar-refractivity contribution is 0.238. The van der Waals surface area contributed by atoms with Crippen LogP contribution in [0.2, 0.25) is 5.02 Å². The summed E-state index contributed by atoms with van der Waals surface area (Å²) in [6.45, 7) is 11.9. The molecule has 142 valence electrons. The van der Waals surface area contributed by atoms with Gasteiger partial charge in [-0.05, 0) is 49.9 Å². The van der Waals surface area contributed by atoms with E-state index in [2.05, 4.69) is 39.9 Å². The third-order valence-electron chi connectivity index (χ3n) is 4.09. The molecule has 4 heteroatoms. The zero-order valence-corrected chi connectivity index (χ0v) is 17.1. The van der Waals surface area contributed by atoms with Crippen LogP contribution in [0.1, 0.15) is 52.2 Å². The molecule has 0 bridgehead atoms. The Kier molecular flexibility index (Phi) is 6.70. The van der Waals surface area contributed by atoms with E-state index in [1.165, 1.54) is 6.07 Å². The van der Waals surface area contributed by atoms with E-state index in [1.807, 2.05) is 12.1 Å². The average Bonchev–Trinajstić information content (AvgIpc) is 2.51. The largest absolute Gasteiger partial charge is 0.488 e. The molecule has 26 heavy (non-hydrogen) atoms. The van der Waals surface area contributed by atoms with Gasteiger partial charge in [-0.2, -0.15) is 0 Å². The third-order valence-corrected chi connectivity index (χ3v) is 4.33. The molecule has 0 atom stereocenters. The maximum absolute atomic E-state index is 13.8. The van der Waals surface area contributed by atoms with Crippen LogP contribution in [0.3, 0.4) is 0 Å². The Morgan fingerprint density at radius 3 is 2.35 bits per heavy atom. The van der Waals surface area contributed by atoms with Gasteiger partial charge in [0.25, 0.3) is 0 Å². The Bertz CT molecular complexity index is 737. The molecule has 0 saturated carbocycles. The van der Waals surface area contributed by atoms with Crippen LogP contribution < -0.4 is 10.1 Å². The highest BCUT2D eigenvalue weighted by Gasteiger charge is 2.25. The van der Waals surface area contributed by atoms with Crippen molar-refractivity contribution in [3.63, 3.8) is 0 Å². The predicted octanol–water partition coefficient (Wildman–Crippen LogP) is 6.36. The molecule has 2 rings (SSSR count). The van der Waals surface area contributed by atoms with Crippen LogP contribution >= 0.6 is 11.6 Å². The molecule has 0 unspecified atom stereocenters. The number of ether oxygens (including phenoxy) is 1. The SMILES string of the molecule is CC(C)(C)CC(C)(C)NCc1cc(Cl)ccc1OCc1ccccc1F. The topological polar surface area (TPSA) is 21.3 Å². The highest BCUT2D eigenvalue weighted by Crippen LogP contribution is 2.29. The molecule has 0 spiro atoms. The molecular formula is C22H29ClFNO. The number of rotatable bonds is 7. The van der Waals surface area contributed by atoms with Gasteiger partial charge in [-0.3, -0.25) is 0 Å². The molecule has 1 N–H and O–H groups in total. The molecule has 0 aliphatic heterocycles. The van der Waals surface area contributed by atoms with Gasteiger partial charge in [0.2, 0.25) is 0 Å². The van der Waals surface area contributed by atoms with Gasteiger partial charge in [0.15, 0.2) is 0 Å². The van der Waals surface area contributed by atoms with Crippen LogP contribution in [-0.4, -0.2) is 5.54 Å². The summed E-state index contributed by atoms with van der Waals surface area (Å²) in [5.74, 6) is 0.462. The summed E-state index contributed by atoms with van der Waals surface area (Å²) >= 11 is 6.17. The summed E-state index contributed by atoms with van der Waals surface area (Å²) in [6, 6.07) is 12.2. The molecule has 2 aromatic rings. The molecule has 0 fully saturated rings. The van der Waals surface area contributed by atoms with E-state index in [-0.39, 0.29) is 23.4 Å². The van der Waals surface area contributed by atoms with Crippen LogP contribution in [-0.2, 0) is 13.2 Å². The second kappa shape index (κ2) is 8.41. The van der Waals surface area contributed by atoms with Crippen LogP contribution in [0.5, 0.6) is 5.75 Å². The molecule has 0 amide bonds. The van der Waals surface area contributed by atoms with Gasteiger partial charge in [-0.15, -0.1) is 0 Å². The normalized spacial score (nSPS) is 12.3. The fourth-order valence-electron chi connectivity index (χ4n) is 3.32. The Labute approximate surface area is 161 Å². The van der Waals surface area contributed by atoms with Crippen molar-refractivity contribution in [1.82, 2.24) is 5.32 Å². The van der Waals surface area contributed by atoms with E-state index in [0.29, 0.717) is 17.1 Å². The fourth-order valence-corrected chi connectivity index (χ4v) is 3.52. The van der Waals surface area contributed by atoms with Gasteiger partial charge < -0.3 is 10.1 Å². The Hall–Kier alpha value is -1.58. The summed E-state index contributed by atoms with van der Waals surface area (Å²) in [4.78, 5) is 0. The minimum atomic E-state index is -0.257. The minimum absolute atomic E-state index is 0.0244. The van der Waals surface area contributed by atoms with Crippen molar-refractivity contribution in [2.45, 2.75) is 59.7 Å². The van der Waals surface area contributed by atoms with Crippen molar-refractivity contribution < 1.29 is 9.13 Å². The highest BCUT2D eigenvalue weighted by atomic mass is 35.5. The van der Waals surface area contributed by atoms with Crippen molar-refractivity contribution in [2.75, 3.05) is 0 Å². The average molecular weight is 378 g/mol. The van der Waals surface area contributed by atoms with Crippen LogP contribution in [0.15, 0.2) is 42.5 Å². The van der Waals surface area contributed by atoms with E-state index in [4.69, 9.17) is 16.3 Å². The first-order valence-corrected chi connectivity index (χ1v) is 9.33. The van der Waals surface area contributed by atoms with Gasteiger partial charge >= 0.3 is 0 Å². The Morgan fingerprint density at radius 1 is 1.00 bits per heavy atom. The minimum Gasteiger partial charge on any atom is -0.488 e. The smallest absolute Gasteiger partial charge is 0.129 e. The second-order valence-electron chi connectivity index (χ2n) is 8.61. The lowest BCUT2D eigenvalue weighted by Gasteiger charge is -2.33. The number of halogens is 2. The quantitative estimate of drug-likeness (QED) is 0.605. The molecule has 0 heterocycles. The lowest BCUT2D eigenvalue weighted by atomic mass is 9.82. The van der Waals surface area contributed by atoms with Crippen molar-refractivity contribution in [3.8, 4) is 5.75 Å². The summed E-state index contributed by atoms with van der Waals surface area (Å²) in [5.41, 5.74) is 1.71. The van der Waals surface area contributed by atoms with E-state index in [0.717, 1.165) is 17.7 Å². The van der Waals surface area contributed by atoms with Crippen molar-refractivity contribution in [2.24, 2.45) is 5.41 Å². The molecule has 0 saturated heterocycles. The van der Waals surface area contributed by atoms with Crippen molar-refractivity contribution >= 4 is 11.6 Å². The monoisotopic (exact) mass is 377 g/mol. The first-order valence-electron chi connectivity index (χ1n) is 8.95. The number of hydrogen-bond acceptors (Lipinski definition) is 2. The number of nitrogens with one attached hydrogen (secondary N) is 1. The van der Waals surface area contributed by atoms with E-state index < -0.39 is 0 Å². The molecule has 0 aliphatic rings. The Morgan fingerprint density at radius 2 is 1.69 bits per heavy atom. The first-order chi connectivity index (χ1) is 12.1. The van der Waals surface area contributed by atoms with Gasteiger partial charge in [0.05, 0.1) is 0 Å². The molecule has 2 aromatic carbocycles. The predicted molar refractivity (Wildman–Crippen MR) is 107 cm³/mol. The number of benzene rings is 2. The zero-order valence-electron chi connectivity index (χ0n) is 16.3. The maximum Gasteiger partial charge on any atom is 0.129 e. The number of hydrogen-bond donors (Lipinski definition) is 1. The molecule has 0 aliphatic carbocycles. The van der Waals surface area contributed by atoms with Gasteiger partial charge in [0.1, 0.15) is 18.2 Å². The summed E-state index contributed by atoms with van der Waals surface area (Å²) in [7, 11) is 0. The van der Waals surface area contributed by atoms with Gasteiger partial charge in [0, 0.05) is 28.2 Å². The van der Waals surface area contributed by atoms with Gasteiger partial charge in [-0.1, -0.05) is 50.6 Å². The standard InChI is InChI=1S/C22H29ClFNO/c1-21(2,3)15-22(4,5)25-13-17-12-18(23)10-11-20(17)26-14-16-8-6-7-9-19(16)24/h6-12,25H,13-15H2,1-5H3. The van der Waals surface area contributed by atoms with Crippen molar-refractivity contribution in [3.05, 3.63) is 64.4 Å². The fraction of sp³-hybridized carbons (Fsp3) is 0.455. The first kappa shape index (κ1) is 20.7. The van der Waals surface area contributed by atoms with E-state index in [9.17, 15) is 4.39 Å². The van der Waals surface area contributed by atoms with Gasteiger partial charge in [-0.25, -0.2) is 4.39 Å². The summed E-state index contributed by atoms with van der Waals surface area (Å²) < 4.78 is 19.7. The summed E-state index contributed by atoms with van der Waals surface area (Å²) in [6.07, 6.45) is 1.03. The molecular weight excluding hydrogens is 349 g/mol. The van der Waals surface area contributed by atoms with E-state index in [1.54, 1.807) is 24.3 Å². The van der Waals surface area contributed by atoms with Crippen LogP contribution in [0.25, 0.3) is 0 Å². The highest BCUT2D eigenvalue weighted by molar-refractivity contribution is 6.30. The van der Waals surface area contributed by atoms with Crippen LogP contribution in [0, 0.1) is 11.2 Å². The second-order valence-corrected chi connectivity index (χ2v) is 9.04. The van der Waals surface area contributed by atoms with Crippen LogP contribution in [0.4, 0.5) is 4.39 Å². The molecule has 0 aromatic heterocycles. The molecule has 2 nitrogen and oxygen atoms in total. The van der Waals surface area contributed by atoms with Crippen molar-refractivity contribution in [1.29, 1.82) is 0 Å². The zero-order chi connectivity index (χ0) is 19.4.